The van der Waals surface area contributed by atoms with Crippen LogP contribution in [0, 0.1) is 0 Å². The average molecular weight is 864 g/mol. The number of hydrogen-bond acceptors (Lipinski definition) is 7. The molecular formula is C51H94NO7P. The first-order valence-electron chi connectivity index (χ1n) is 24.8. The van der Waals surface area contributed by atoms with E-state index in [1.54, 1.807) is 0 Å². The van der Waals surface area contributed by atoms with Crippen LogP contribution in [0.15, 0.2) is 60.8 Å². The van der Waals surface area contributed by atoms with E-state index in [1.807, 2.05) is 0 Å². The van der Waals surface area contributed by atoms with Crippen molar-refractivity contribution in [2.24, 2.45) is 5.73 Å². The van der Waals surface area contributed by atoms with Crippen molar-refractivity contribution >= 4 is 13.8 Å². The minimum atomic E-state index is -4.30. The standard InChI is InChI=1S/C51H94NO7P/c1-3-5-7-9-11-13-15-17-19-21-22-23-24-25-26-27-29-31-33-35-37-39-41-43-46-56-48-50(49-58-60(54,55)57-47-45-52)59-51(53)44-42-40-38-36-34-32-30-28-20-18-16-14-12-10-8-6-4-2/h6,8,12,14,18,20,30,32,36,38,50H,3-5,7,9-11,13,15-17,19,21-29,31,33-35,37,39-49,52H2,1-2H3,(H,54,55)/b8-6-,14-12-,20-18-,32-30-,38-36-. The van der Waals surface area contributed by atoms with Crippen molar-refractivity contribution in [2.45, 2.75) is 225 Å². The summed E-state index contributed by atoms with van der Waals surface area (Å²) >= 11 is 0. The molecule has 0 saturated carbocycles. The summed E-state index contributed by atoms with van der Waals surface area (Å²) in [6, 6.07) is 0. The zero-order chi connectivity index (χ0) is 43.7. The molecule has 0 aromatic carbocycles. The highest BCUT2D eigenvalue weighted by atomic mass is 31.2. The van der Waals surface area contributed by atoms with Crippen LogP contribution in [0.1, 0.15) is 219 Å². The van der Waals surface area contributed by atoms with Gasteiger partial charge in [0.2, 0.25) is 0 Å². The smallest absolute Gasteiger partial charge is 0.457 e. The third-order valence-corrected chi connectivity index (χ3v) is 11.4. The van der Waals surface area contributed by atoms with Gasteiger partial charge in [0.15, 0.2) is 0 Å². The zero-order valence-corrected chi connectivity index (χ0v) is 39.8. The third-order valence-electron chi connectivity index (χ3n) is 10.4. The molecule has 3 N–H and O–H groups in total. The molecule has 0 rings (SSSR count). The van der Waals surface area contributed by atoms with Crippen LogP contribution in [-0.2, 0) is 27.9 Å². The van der Waals surface area contributed by atoms with Crippen LogP contribution in [0.4, 0.5) is 0 Å². The summed E-state index contributed by atoms with van der Waals surface area (Å²) in [4.78, 5) is 22.5. The van der Waals surface area contributed by atoms with Crippen molar-refractivity contribution in [3.05, 3.63) is 60.8 Å². The molecule has 2 unspecified atom stereocenters. The van der Waals surface area contributed by atoms with Gasteiger partial charge in [0.1, 0.15) is 6.10 Å². The van der Waals surface area contributed by atoms with Gasteiger partial charge < -0.3 is 20.1 Å². The van der Waals surface area contributed by atoms with Crippen LogP contribution in [0.3, 0.4) is 0 Å². The maximum atomic E-state index is 12.6. The highest BCUT2D eigenvalue weighted by molar-refractivity contribution is 7.47. The number of hydrogen-bond donors (Lipinski definition) is 2. The Kier molecular flexibility index (Phi) is 46.8. The van der Waals surface area contributed by atoms with Gasteiger partial charge in [-0.15, -0.1) is 0 Å². The molecule has 0 aliphatic rings. The lowest BCUT2D eigenvalue weighted by Crippen LogP contribution is -2.28. The van der Waals surface area contributed by atoms with Gasteiger partial charge in [-0.25, -0.2) is 4.57 Å². The minimum absolute atomic E-state index is 0.0902. The number of allylic oxidation sites excluding steroid dienone is 10. The Morgan fingerprint density at radius 2 is 0.917 bits per heavy atom. The van der Waals surface area contributed by atoms with Crippen LogP contribution < -0.4 is 5.73 Å². The third kappa shape index (κ3) is 47.3. The van der Waals surface area contributed by atoms with Crippen LogP contribution in [0.2, 0.25) is 0 Å². The van der Waals surface area contributed by atoms with Crippen molar-refractivity contribution in [2.75, 3.05) is 33.0 Å². The number of rotatable bonds is 47. The molecule has 0 aromatic rings. The lowest BCUT2D eigenvalue weighted by Gasteiger charge is -2.20. The molecule has 0 saturated heterocycles. The maximum absolute atomic E-state index is 12.6. The Hall–Kier alpha value is -1.80. The van der Waals surface area contributed by atoms with E-state index in [0.717, 1.165) is 51.4 Å². The Bertz CT molecular complexity index is 1110. The molecule has 0 amide bonds. The Balaban J connectivity index is 3.98. The molecule has 0 bridgehead atoms. The van der Waals surface area contributed by atoms with Crippen molar-refractivity contribution < 1.29 is 32.8 Å². The van der Waals surface area contributed by atoms with Crippen LogP contribution >= 0.6 is 7.82 Å². The molecular weight excluding hydrogens is 770 g/mol. The summed E-state index contributed by atoms with van der Waals surface area (Å²) in [5.74, 6) is -0.384. The van der Waals surface area contributed by atoms with Gasteiger partial charge in [0.25, 0.3) is 0 Å². The maximum Gasteiger partial charge on any atom is 0.472 e. The van der Waals surface area contributed by atoms with Gasteiger partial charge in [-0.1, -0.05) is 222 Å². The molecule has 0 radical (unpaired) electrons. The molecule has 0 aliphatic carbocycles. The second-order valence-corrected chi connectivity index (χ2v) is 17.8. The molecule has 60 heavy (non-hydrogen) atoms. The van der Waals surface area contributed by atoms with Crippen LogP contribution in [0.5, 0.6) is 0 Å². The fourth-order valence-electron chi connectivity index (χ4n) is 6.86. The Labute approximate surface area is 370 Å². The molecule has 0 spiro atoms. The fraction of sp³-hybridized carbons (Fsp3) is 0.784. The monoisotopic (exact) mass is 864 g/mol. The number of nitrogens with two attached hydrogens (primary N) is 1. The van der Waals surface area contributed by atoms with E-state index in [4.69, 9.17) is 24.3 Å². The zero-order valence-electron chi connectivity index (χ0n) is 38.9. The quantitative estimate of drug-likeness (QED) is 0.0269. The van der Waals surface area contributed by atoms with Crippen LogP contribution in [-0.4, -0.2) is 49.9 Å². The van der Waals surface area contributed by atoms with E-state index in [9.17, 15) is 14.3 Å². The summed E-state index contributed by atoms with van der Waals surface area (Å²) in [6.07, 6.45) is 59.9. The van der Waals surface area contributed by atoms with Gasteiger partial charge >= 0.3 is 13.8 Å². The first kappa shape index (κ1) is 58.2. The van der Waals surface area contributed by atoms with Gasteiger partial charge in [-0.2, -0.15) is 0 Å². The molecule has 0 aliphatic heterocycles. The SMILES string of the molecule is CC/C=C\C/C=C\C/C=C\C/C=C\C/C=C\CCCC(=O)OC(COCCCCCCCCCCCCCCCCCCCCCCCCCC)COP(=O)(O)OCCN. The molecule has 8 nitrogen and oxygen atoms in total. The lowest BCUT2D eigenvalue weighted by atomic mass is 10.0. The highest BCUT2D eigenvalue weighted by Gasteiger charge is 2.25. The molecule has 9 heteroatoms. The van der Waals surface area contributed by atoms with Gasteiger partial charge in [-0.3, -0.25) is 13.8 Å². The van der Waals surface area contributed by atoms with Crippen molar-refractivity contribution in [3.63, 3.8) is 0 Å². The number of phosphoric acid groups is 1. The summed E-state index contributed by atoms with van der Waals surface area (Å²) in [5.41, 5.74) is 5.38. The van der Waals surface area contributed by atoms with Crippen molar-refractivity contribution in [1.82, 2.24) is 0 Å². The van der Waals surface area contributed by atoms with E-state index in [2.05, 4.69) is 74.6 Å². The lowest BCUT2D eigenvalue weighted by molar-refractivity contribution is -0.154. The van der Waals surface area contributed by atoms with Crippen molar-refractivity contribution in [3.8, 4) is 0 Å². The summed E-state index contributed by atoms with van der Waals surface area (Å²) in [5, 5.41) is 0. The first-order chi connectivity index (χ1) is 29.4. The van der Waals surface area contributed by atoms with Gasteiger partial charge in [0, 0.05) is 19.6 Å². The number of ether oxygens (including phenoxy) is 2. The van der Waals surface area contributed by atoms with E-state index in [0.29, 0.717) is 13.0 Å². The molecule has 0 aromatic heterocycles. The second kappa shape index (κ2) is 48.2. The normalized spacial score (nSPS) is 13.9. The number of esters is 1. The van der Waals surface area contributed by atoms with Crippen LogP contribution in [0.25, 0.3) is 0 Å². The largest absolute Gasteiger partial charge is 0.472 e. The number of unbranched alkanes of at least 4 members (excludes halogenated alkanes) is 24. The predicted molar refractivity (Wildman–Crippen MR) is 256 cm³/mol. The topological polar surface area (TPSA) is 117 Å². The van der Waals surface area contributed by atoms with E-state index in [1.165, 1.54) is 141 Å². The van der Waals surface area contributed by atoms with E-state index >= 15 is 0 Å². The summed E-state index contributed by atoms with van der Waals surface area (Å²) in [6.45, 7) is 4.76. The first-order valence-corrected chi connectivity index (χ1v) is 26.3. The summed E-state index contributed by atoms with van der Waals surface area (Å²) < 4.78 is 33.5. The molecule has 350 valence electrons. The average Bonchev–Trinajstić information content (AvgIpc) is 3.24. The second-order valence-electron chi connectivity index (χ2n) is 16.3. The predicted octanol–water partition coefficient (Wildman–Crippen LogP) is 15.3. The highest BCUT2D eigenvalue weighted by Crippen LogP contribution is 2.43. The Morgan fingerprint density at radius 3 is 1.33 bits per heavy atom. The molecule has 2 atom stereocenters. The minimum Gasteiger partial charge on any atom is -0.457 e. The number of carbonyl (C=O) groups excluding carboxylic acids is 1. The van der Waals surface area contributed by atoms with Crippen molar-refractivity contribution in [1.29, 1.82) is 0 Å². The van der Waals surface area contributed by atoms with E-state index in [-0.39, 0.29) is 38.8 Å². The molecule has 0 fully saturated rings. The number of phosphoric ester groups is 1. The van der Waals surface area contributed by atoms with Gasteiger partial charge in [-0.05, 0) is 51.4 Å². The number of carbonyl (C=O) groups is 1. The fourth-order valence-corrected chi connectivity index (χ4v) is 7.62. The van der Waals surface area contributed by atoms with E-state index < -0.39 is 13.9 Å². The summed E-state index contributed by atoms with van der Waals surface area (Å²) in [7, 11) is -4.30. The Morgan fingerprint density at radius 1 is 0.517 bits per heavy atom. The van der Waals surface area contributed by atoms with Gasteiger partial charge in [0.05, 0.1) is 19.8 Å². The molecule has 0 heterocycles.